The Morgan fingerprint density at radius 3 is 2.58 bits per heavy atom. The quantitative estimate of drug-likeness (QED) is 0.853. The topological polar surface area (TPSA) is 82.3 Å². The highest BCUT2D eigenvalue weighted by Gasteiger charge is 2.19. The lowest BCUT2D eigenvalue weighted by atomic mass is 10.1. The van der Waals surface area contributed by atoms with Gasteiger partial charge in [0.05, 0.1) is 24.3 Å². The number of rotatable bonds is 6. The van der Waals surface area contributed by atoms with Gasteiger partial charge in [-0.25, -0.2) is 8.42 Å². The molecule has 1 atom stereocenters. The van der Waals surface area contributed by atoms with Gasteiger partial charge in [0.1, 0.15) is 5.75 Å². The highest BCUT2D eigenvalue weighted by atomic mass is 32.2. The third-order valence-corrected chi connectivity index (χ3v) is 4.75. The minimum atomic E-state index is -3.25. The van der Waals surface area contributed by atoms with Crippen LogP contribution in [0.3, 0.4) is 0 Å². The van der Waals surface area contributed by atoms with Gasteiger partial charge in [0.15, 0.2) is 9.84 Å². The van der Waals surface area contributed by atoms with Gasteiger partial charge >= 0.3 is 0 Å². The second-order valence-electron chi connectivity index (χ2n) is 4.77. The number of pyridine rings is 1. The maximum Gasteiger partial charge on any atom is 0.157 e. The number of aryl methyl sites for hydroxylation is 1. The molecule has 0 radical (unpaired) electrons. The van der Waals surface area contributed by atoms with Crippen LogP contribution in [0.15, 0.2) is 6.20 Å². The van der Waals surface area contributed by atoms with Gasteiger partial charge in [0, 0.05) is 23.4 Å². The van der Waals surface area contributed by atoms with Gasteiger partial charge in [-0.05, 0) is 20.3 Å². The Balaban J connectivity index is 3.00. The van der Waals surface area contributed by atoms with Gasteiger partial charge in [0.2, 0.25) is 0 Å². The molecule has 1 rings (SSSR count). The Morgan fingerprint density at radius 1 is 1.42 bits per heavy atom. The molecule has 0 aliphatic rings. The van der Waals surface area contributed by atoms with Crippen molar-refractivity contribution in [2.75, 3.05) is 12.9 Å². The number of ether oxygens (including phenoxy) is 1. The van der Waals surface area contributed by atoms with Gasteiger partial charge in [-0.15, -0.1) is 0 Å². The number of sulfone groups is 1. The molecule has 0 aromatic carbocycles. The molecule has 1 aromatic rings. The molecule has 19 heavy (non-hydrogen) atoms. The molecule has 0 fully saturated rings. The maximum atomic E-state index is 12.0. The van der Waals surface area contributed by atoms with Crippen molar-refractivity contribution in [1.82, 2.24) is 4.98 Å². The molecule has 0 aliphatic heterocycles. The summed E-state index contributed by atoms with van der Waals surface area (Å²) in [6, 6.07) is -0.322. The van der Waals surface area contributed by atoms with Crippen LogP contribution in [0.5, 0.6) is 5.75 Å². The van der Waals surface area contributed by atoms with Crippen molar-refractivity contribution in [3.63, 3.8) is 0 Å². The highest BCUT2D eigenvalue weighted by molar-refractivity contribution is 7.90. The lowest BCUT2D eigenvalue weighted by Crippen LogP contribution is -2.29. The van der Waals surface area contributed by atoms with Gasteiger partial charge in [-0.2, -0.15) is 0 Å². The predicted molar refractivity (Wildman–Crippen MR) is 76.0 cm³/mol. The predicted octanol–water partition coefficient (Wildman–Crippen LogP) is 1.36. The van der Waals surface area contributed by atoms with Crippen LogP contribution in [0.25, 0.3) is 0 Å². The molecule has 108 valence electrons. The molecule has 1 aromatic heterocycles. The Kier molecular flexibility index (Phi) is 5.31. The van der Waals surface area contributed by atoms with E-state index in [4.69, 9.17) is 10.5 Å². The summed E-state index contributed by atoms with van der Waals surface area (Å²) in [4.78, 5) is 4.20. The van der Waals surface area contributed by atoms with Crippen molar-refractivity contribution in [2.24, 2.45) is 5.73 Å². The van der Waals surface area contributed by atoms with Crippen LogP contribution in [-0.2, 0) is 15.6 Å². The number of hydrogen-bond acceptors (Lipinski definition) is 5. The molecule has 2 N–H and O–H groups in total. The van der Waals surface area contributed by atoms with Crippen LogP contribution >= 0.6 is 0 Å². The van der Waals surface area contributed by atoms with Crippen molar-refractivity contribution in [3.05, 3.63) is 23.0 Å². The fourth-order valence-corrected chi connectivity index (χ4v) is 3.64. The van der Waals surface area contributed by atoms with Gasteiger partial charge < -0.3 is 10.5 Å². The van der Waals surface area contributed by atoms with Crippen molar-refractivity contribution in [2.45, 2.75) is 39.0 Å². The summed E-state index contributed by atoms with van der Waals surface area (Å²) in [6.45, 7) is 5.58. The van der Waals surface area contributed by atoms with E-state index < -0.39 is 9.84 Å². The van der Waals surface area contributed by atoms with E-state index in [0.29, 0.717) is 17.9 Å². The molecule has 0 bridgehead atoms. The Labute approximate surface area is 115 Å². The third kappa shape index (κ3) is 4.18. The average Bonchev–Trinajstić information content (AvgIpc) is 2.33. The SMILES string of the molecule is CCC(N)CS(=O)(=O)Cc1ncc(C)c(OC)c1C. The van der Waals surface area contributed by atoms with Crippen molar-refractivity contribution in [1.29, 1.82) is 0 Å². The van der Waals surface area contributed by atoms with E-state index >= 15 is 0 Å². The van der Waals surface area contributed by atoms with E-state index in [0.717, 1.165) is 11.1 Å². The molecule has 0 spiro atoms. The van der Waals surface area contributed by atoms with Gasteiger partial charge in [0.25, 0.3) is 0 Å². The largest absolute Gasteiger partial charge is 0.496 e. The molecule has 1 unspecified atom stereocenters. The van der Waals surface area contributed by atoms with Crippen LogP contribution in [0.4, 0.5) is 0 Å². The first kappa shape index (κ1) is 15.9. The number of nitrogens with two attached hydrogens (primary N) is 1. The average molecular weight is 286 g/mol. The minimum absolute atomic E-state index is 0.0131. The lowest BCUT2D eigenvalue weighted by Gasteiger charge is -2.13. The molecule has 0 saturated heterocycles. The summed E-state index contributed by atoms with van der Waals surface area (Å²) in [7, 11) is -1.68. The number of methoxy groups -OCH3 is 1. The van der Waals surface area contributed by atoms with E-state index in [9.17, 15) is 8.42 Å². The monoisotopic (exact) mass is 286 g/mol. The van der Waals surface area contributed by atoms with E-state index in [-0.39, 0.29) is 17.5 Å². The van der Waals surface area contributed by atoms with E-state index in [1.165, 1.54) is 0 Å². The van der Waals surface area contributed by atoms with Crippen LogP contribution < -0.4 is 10.5 Å². The smallest absolute Gasteiger partial charge is 0.157 e. The number of hydrogen-bond donors (Lipinski definition) is 1. The normalized spacial score (nSPS) is 13.3. The Bertz CT molecular complexity index is 541. The molecule has 1 heterocycles. The maximum absolute atomic E-state index is 12.0. The zero-order chi connectivity index (χ0) is 14.6. The summed E-state index contributed by atoms with van der Waals surface area (Å²) >= 11 is 0. The fourth-order valence-electron chi connectivity index (χ4n) is 1.93. The first-order valence-corrected chi connectivity index (χ1v) is 8.08. The van der Waals surface area contributed by atoms with Crippen LogP contribution in [0.2, 0.25) is 0 Å². The summed E-state index contributed by atoms with van der Waals surface area (Å²) in [5, 5.41) is 0. The van der Waals surface area contributed by atoms with Crippen LogP contribution in [-0.4, -0.2) is 32.3 Å². The zero-order valence-electron chi connectivity index (χ0n) is 11.9. The van der Waals surface area contributed by atoms with Crippen molar-refractivity contribution >= 4 is 9.84 Å². The van der Waals surface area contributed by atoms with Crippen LogP contribution in [0.1, 0.15) is 30.2 Å². The molecule has 0 amide bonds. The summed E-state index contributed by atoms with van der Waals surface area (Å²) < 4.78 is 29.4. The first-order valence-electron chi connectivity index (χ1n) is 6.25. The first-order chi connectivity index (χ1) is 8.80. The van der Waals surface area contributed by atoms with Gasteiger partial charge in [-0.1, -0.05) is 6.92 Å². The van der Waals surface area contributed by atoms with E-state index in [1.807, 2.05) is 20.8 Å². The Hall–Kier alpha value is -1.14. The number of nitrogens with zero attached hydrogens (tertiary/aromatic N) is 1. The molecule has 0 aliphatic carbocycles. The van der Waals surface area contributed by atoms with Crippen molar-refractivity contribution < 1.29 is 13.2 Å². The summed E-state index contributed by atoms with van der Waals surface area (Å²) in [6.07, 6.45) is 2.28. The fraction of sp³-hybridized carbons (Fsp3) is 0.615. The summed E-state index contributed by atoms with van der Waals surface area (Å²) in [5.41, 5.74) is 7.91. The third-order valence-electron chi connectivity index (χ3n) is 3.10. The molecule has 5 nitrogen and oxygen atoms in total. The minimum Gasteiger partial charge on any atom is -0.496 e. The molecular formula is C13H22N2O3S. The second kappa shape index (κ2) is 6.34. The number of aromatic nitrogens is 1. The summed E-state index contributed by atoms with van der Waals surface area (Å²) in [5.74, 6) is 0.587. The van der Waals surface area contributed by atoms with E-state index in [2.05, 4.69) is 4.98 Å². The van der Waals surface area contributed by atoms with Crippen LogP contribution in [0, 0.1) is 13.8 Å². The van der Waals surface area contributed by atoms with Crippen molar-refractivity contribution in [3.8, 4) is 5.75 Å². The standard InChI is InChI=1S/C13H22N2O3S/c1-5-11(14)7-19(16,17)8-12-10(3)13(18-4)9(2)6-15-12/h6,11H,5,7-8,14H2,1-4H3. The highest BCUT2D eigenvalue weighted by Crippen LogP contribution is 2.25. The lowest BCUT2D eigenvalue weighted by molar-refractivity contribution is 0.407. The van der Waals surface area contributed by atoms with Gasteiger partial charge in [-0.3, -0.25) is 4.98 Å². The molecule has 6 heteroatoms. The molecular weight excluding hydrogens is 264 g/mol. The van der Waals surface area contributed by atoms with E-state index in [1.54, 1.807) is 13.3 Å². The second-order valence-corrected chi connectivity index (χ2v) is 6.88. The Morgan fingerprint density at radius 2 is 2.05 bits per heavy atom. The molecule has 0 saturated carbocycles. The zero-order valence-corrected chi connectivity index (χ0v) is 12.8.